The lowest BCUT2D eigenvalue weighted by molar-refractivity contribution is -0.138. The Hall–Kier alpha value is -3.92. The molecule has 1 aliphatic rings. The number of nitrogens with one attached hydrogen (secondary N) is 2. The zero-order chi connectivity index (χ0) is 26.3. The Morgan fingerprint density at radius 1 is 1.22 bits per heavy atom. The molecule has 5 rings (SSSR count). The van der Waals surface area contributed by atoms with Gasteiger partial charge < -0.3 is 15.0 Å². The Morgan fingerprint density at radius 2 is 1.95 bits per heavy atom. The minimum Gasteiger partial charge on any atom is -0.382 e. The second-order valence-corrected chi connectivity index (χ2v) is 9.25. The first-order valence-electron chi connectivity index (χ1n) is 11.9. The Bertz CT molecular complexity index is 1520. The van der Waals surface area contributed by atoms with Gasteiger partial charge in [-0.25, -0.2) is 4.52 Å². The van der Waals surface area contributed by atoms with Gasteiger partial charge in [-0.15, -0.1) is 0 Å². The Kier molecular flexibility index (Phi) is 6.36. The van der Waals surface area contributed by atoms with Crippen molar-refractivity contribution in [1.82, 2.24) is 19.9 Å². The van der Waals surface area contributed by atoms with E-state index in [9.17, 15) is 22.8 Å². The van der Waals surface area contributed by atoms with Crippen molar-refractivity contribution >= 4 is 11.4 Å². The Balaban J connectivity index is 1.55. The molecule has 0 saturated heterocycles. The SMILES string of the molecule is COC[C@H](NC(=O)c1nn2cc(-c3ccc(C(F)(F)F)c(C)c3)[nH]c(=O)c2c1C1CC1)c1ccccc1. The van der Waals surface area contributed by atoms with Crippen LogP contribution >= 0.6 is 0 Å². The van der Waals surface area contributed by atoms with Gasteiger partial charge >= 0.3 is 6.18 Å². The number of aromatic amines is 1. The summed E-state index contributed by atoms with van der Waals surface area (Å²) >= 11 is 0. The highest BCUT2D eigenvalue weighted by Crippen LogP contribution is 2.43. The summed E-state index contributed by atoms with van der Waals surface area (Å²) in [7, 11) is 1.55. The zero-order valence-electron chi connectivity index (χ0n) is 20.2. The zero-order valence-corrected chi connectivity index (χ0v) is 20.2. The van der Waals surface area contributed by atoms with E-state index in [2.05, 4.69) is 15.4 Å². The van der Waals surface area contributed by atoms with Crippen LogP contribution in [0.1, 0.15) is 57.5 Å². The predicted molar refractivity (Wildman–Crippen MR) is 131 cm³/mol. The van der Waals surface area contributed by atoms with Gasteiger partial charge in [0.2, 0.25) is 0 Å². The number of halogens is 3. The molecule has 0 aliphatic heterocycles. The summed E-state index contributed by atoms with van der Waals surface area (Å²) in [4.78, 5) is 29.3. The number of carbonyl (C=O) groups is 1. The lowest BCUT2D eigenvalue weighted by atomic mass is 10.0. The van der Waals surface area contributed by atoms with Gasteiger partial charge in [-0.3, -0.25) is 9.59 Å². The van der Waals surface area contributed by atoms with Crippen LogP contribution in [-0.2, 0) is 10.9 Å². The van der Waals surface area contributed by atoms with Gasteiger partial charge in [0.05, 0.1) is 30.1 Å². The van der Waals surface area contributed by atoms with E-state index in [0.717, 1.165) is 24.5 Å². The molecule has 1 amide bonds. The van der Waals surface area contributed by atoms with Gasteiger partial charge in [0.1, 0.15) is 5.52 Å². The van der Waals surface area contributed by atoms with Gasteiger partial charge in [-0.1, -0.05) is 36.4 Å². The third-order valence-electron chi connectivity index (χ3n) is 6.55. The van der Waals surface area contributed by atoms with Crippen LogP contribution in [0, 0.1) is 6.92 Å². The second-order valence-electron chi connectivity index (χ2n) is 9.25. The number of nitrogens with zero attached hydrogens (tertiary/aromatic N) is 2. The Labute approximate surface area is 210 Å². The standard InChI is InChI=1S/C27H25F3N4O3/c1-15-12-18(10-11-19(15)27(28,29)30)20-13-34-24(26(36)31-20)22(17-8-9-17)23(33-34)25(35)32-21(14-37-2)16-6-4-3-5-7-16/h3-7,10-13,17,21H,8-9,14H2,1-2H3,(H,31,36)(H,32,35)/t21-/m0/s1. The van der Waals surface area contributed by atoms with Crippen LogP contribution in [0.2, 0.25) is 0 Å². The molecule has 1 aliphatic carbocycles. The number of rotatable bonds is 7. The molecule has 1 atom stereocenters. The maximum Gasteiger partial charge on any atom is 0.416 e. The highest BCUT2D eigenvalue weighted by Gasteiger charge is 2.35. The maximum atomic E-state index is 13.4. The number of benzene rings is 2. The number of aryl methyl sites for hydroxylation is 1. The summed E-state index contributed by atoms with van der Waals surface area (Å²) in [6.45, 7) is 1.62. The fraction of sp³-hybridized carbons (Fsp3) is 0.296. The van der Waals surface area contributed by atoms with Crippen LogP contribution in [0.15, 0.2) is 59.5 Å². The average molecular weight is 511 g/mol. The predicted octanol–water partition coefficient (Wildman–Crippen LogP) is 5.01. The largest absolute Gasteiger partial charge is 0.416 e. The third kappa shape index (κ3) is 4.89. The summed E-state index contributed by atoms with van der Waals surface area (Å²) < 4.78 is 46.2. The van der Waals surface area contributed by atoms with Crippen molar-refractivity contribution in [1.29, 1.82) is 0 Å². The molecule has 4 aromatic rings. The van der Waals surface area contributed by atoms with E-state index in [1.165, 1.54) is 29.8 Å². The molecular weight excluding hydrogens is 485 g/mol. The summed E-state index contributed by atoms with van der Waals surface area (Å²) in [5, 5.41) is 7.44. The Morgan fingerprint density at radius 3 is 2.57 bits per heavy atom. The molecule has 2 heterocycles. The van der Waals surface area contributed by atoms with Crippen LogP contribution in [0.5, 0.6) is 0 Å². The minimum atomic E-state index is -4.47. The number of ether oxygens (including phenoxy) is 1. The topological polar surface area (TPSA) is 88.5 Å². The van der Waals surface area contributed by atoms with E-state index < -0.39 is 29.2 Å². The van der Waals surface area contributed by atoms with E-state index in [-0.39, 0.29) is 29.3 Å². The third-order valence-corrected chi connectivity index (χ3v) is 6.55. The molecule has 37 heavy (non-hydrogen) atoms. The van der Waals surface area contributed by atoms with E-state index >= 15 is 0 Å². The van der Waals surface area contributed by atoms with Gasteiger partial charge in [-0.2, -0.15) is 18.3 Å². The number of aromatic nitrogens is 3. The quantitative estimate of drug-likeness (QED) is 0.366. The molecule has 0 radical (unpaired) electrons. The minimum absolute atomic E-state index is 0.0373. The smallest absolute Gasteiger partial charge is 0.382 e. The molecule has 2 aromatic carbocycles. The normalized spacial score (nSPS) is 14.6. The molecule has 10 heteroatoms. The summed E-state index contributed by atoms with van der Waals surface area (Å²) in [6, 6.07) is 12.6. The van der Waals surface area contributed by atoms with Crippen LogP contribution in [0.4, 0.5) is 13.2 Å². The number of alkyl halides is 3. The van der Waals surface area contributed by atoms with Crippen molar-refractivity contribution < 1.29 is 22.7 Å². The summed E-state index contributed by atoms with van der Waals surface area (Å²) in [5.41, 5.74) is 1.42. The van der Waals surface area contributed by atoms with Crippen molar-refractivity contribution in [2.24, 2.45) is 0 Å². The van der Waals surface area contributed by atoms with Crippen molar-refractivity contribution in [3.8, 4) is 11.3 Å². The van der Waals surface area contributed by atoms with Crippen LogP contribution in [0.25, 0.3) is 16.8 Å². The molecule has 2 N–H and O–H groups in total. The first kappa shape index (κ1) is 24.8. The van der Waals surface area contributed by atoms with E-state index in [4.69, 9.17) is 4.74 Å². The number of hydrogen-bond acceptors (Lipinski definition) is 4. The highest BCUT2D eigenvalue weighted by atomic mass is 19.4. The molecule has 1 fully saturated rings. The lowest BCUT2D eigenvalue weighted by Gasteiger charge is -2.18. The number of methoxy groups -OCH3 is 1. The molecule has 192 valence electrons. The van der Waals surface area contributed by atoms with Gasteiger partial charge in [0.15, 0.2) is 5.69 Å². The molecule has 2 aromatic heterocycles. The van der Waals surface area contributed by atoms with Crippen LogP contribution in [-0.4, -0.2) is 34.2 Å². The van der Waals surface area contributed by atoms with Gasteiger partial charge in [0, 0.05) is 12.7 Å². The second kappa shape index (κ2) is 9.51. The van der Waals surface area contributed by atoms with Gasteiger partial charge in [0.25, 0.3) is 11.5 Å². The van der Waals surface area contributed by atoms with Crippen molar-refractivity contribution in [3.63, 3.8) is 0 Å². The average Bonchev–Trinajstić information content (AvgIpc) is 3.62. The summed E-state index contributed by atoms with van der Waals surface area (Å²) in [6.07, 6.45) is -1.27. The van der Waals surface area contributed by atoms with Crippen molar-refractivity contribution in [2.45, 2.75) is 37.9 Å². The van der Waals surface area contributed by atoms with Gasteiger partial charge in [-0.05, 0) is 54.5 Å². The maximum absolute atomic E-state index is 13.4. The van der Waals surface area contributed by atoms with E-state index in [1.54, 1.807) is 7.11 Å². The molecular formula is C27H25F3N4O3. The number of carbonyl (C=O) groups excluding carboxylic acids is 1. The van der Waals surface area contributed by atoms with Crippen LogP contribution in [0.3, 0.4) is 0 Å². The summed E-state index contributed by atoms with van der Waals surface area (Å²) in [5.74, 6) is -0.390. The molecule has 1 saturated carbocycles. The molecule has 0 bridgehead atoms. The number of amides is 1. The molecule has 0 unspecified atom stereocenters. The fourth-order valence-corrected chi connectivity index (χ4v) is 4.63. The van der Waals surface area contributed by atoms with Crippen molar-refractivity contribution in [3.05, 3.63) is 93.0 Å². The molecule has 0 spiro atoms. The monoisotopic (exact) mass is 510 g/mol. The van der Waals surface area contributed by atoms with Crippen LogP contribution < -0.4 is 10.9 Å². The van der Waals surface area contributed by atoms with E-state index in [0.29, 0.717) is 16.8 Å². The fourth-order valence-electron chi connectivity index (χ4n) is 4.63. The van der Waals surface area contributed by atoms with Crippen molar-refractivity contribution in [2.75, 3.05) is 13.7 Å². The first-order valence-corrected chi connectivity index (χ1v) is 11.9. The number of hydrogen-bond donors (Lipinski definition) is 2. The lowest BCUT2D eigenvalue weighted by Crippen LogP contribution is -2.32. The number of H-pyrrole nitrogens is 1. The number of fused-ring (bicyclic) bond motifs is 1. The highest BCUT2D eigenvalue weighted by molar-refractivity contribution is 5.96. The first-order chi connectivity index (χ1) is 17.7. The van der Waals surface area contributed by atoms with E-state index in [1.807, 2.05) is 30.3 Å². The molecule has 7 nitrogen and oxygen atoms in total.